The summed E-state index contributed by atoms with van der Waals surface area (Å²) in [5.41, 5.74) is -2.11. The molecule has 5 fully saturated rings. The van der Waals surface area contributed by atoms with Crippen LogP contribution < -0.4 is 0 Å². The molecule has 10 heteroatoms. The highest BCUT2D eigenvalue weighted by Gasteiger charge is 2.80. The van der Waals surface area contributed by atoms with Gasteiger partial charge in [0, 0.05) is 25.7 Å². The van der Waals surface area contributed by atoms with Gasteiger partial charge in [0.1, 0.15) is 29.8 Å². The highest BCUT2D eigenvalue weighted by molar-refractivity contribution is 6.74. The quantitative estimate of drug-likeness (QED) is 0.157. The molecule has 2 spiro atoms. The Labute approximate surface area is 288 Å². The molecular formula is C38H60O9Si. The van der Waals surface area contributed by atoms with Crippen LogP contribution in [-0.4, -0.2) is 91.3 Å². The first kappa shape index (κ1) is 35.3. The summed E-state index contributed by atoms with van der Waals surface area (Å²) in [6.45, 7) is 22.0. The molecule has 0 aromatic carbocycles. The van der Waals surface area contributed by atoms with E-state index in [2.05, 4.69) is 67.6 Å². The molecule has 0 radical (unpaired) electrons. The van der Waals surface area contributed by atoms with Crippen molar-refractivity contribution in [3.8, 4) is 0 Å². The van der Waals surface area contributed by atoms with Gasteiger partial charge in [-0.15, -0.1) is 0 Å². The summed E-state index contributed by atoms with van der Waals surface area (Å²) < 4.78 is 46.3. The van der Waals surface area contributed by atoms with Crippen LogP contribution in [-0.2, 0) is 37.6 Å². The van der Waals surface area contributed by atoms with E-state index in [1.807, 2.05) is 19.1 Å². The number of carbonyl (C=O) groups excluding carboxylic acids is 1. The van der Waals surface area contributed by atoms with Crippen molar-refractivity contribution in [1.82, 2.24) is 0 Å². The minimum atomic E-state index is -2.28. The predicted molar refractivity (Wildman–Crippen MR) is 183 cm³/mol. The number of rotatable bonds is 3. The van der Waals surface area contributed by atoms with Crippen molar-refractivity contribution in [2.24, 2.45) is 17.8 Å². The topological polar surface area (TPSA) is 109 Å². The monoisotopic (exact) mass is 688 g/mol. The molecule has 6 heterocycles. The minimum absolute atomic E-state index is 0.0494. The number of hydrogen-bond donors (Lipinski definition) is 1. The Hall–Kier alpha value is -1.11. The zero-order valence-electron chi connectivity index (χ0n) is 30.9. The molecule has 7 rings (SSSR count). The lowest BCUT2D eigenvalue weighted by Gasteiger charge is -2.50. The fourth-order valence-corrected chi connectivity index (χ4v) is 10.6. The van der Waals surface area contributed by atoms with Gasteiger partial charge in [-0.1, -0.05) is 59.8 Å². The number of ether oxygens (including phenoxy) is 6. The summed E-state index contributed by atoms with van der Waals surface area (Å²) in [7, 11) is -2.28. The smallest absolute Gasteiger partial charge is 0.316 e. The highest BCUT2D eigenvalue weighted by Crippen LogP contribution is 2.60. The van der Waals surface area contributed by atoms with E-state index in [9.17, 15) is 9.90 Å². The van der Waals surface area contributed by atoms with E-state index in [1.165, 1.54) is 0 Å². The van der Waals surface area contributed by atoms with Gasteiger partial charge < -0.3 is 38.0 Å². The fourth-order valence-electron chi connectivity index (χ4n) is 9.31. The number of hydrogen-bond acceptors (Lipinski definition) is 9. The normalized spacial score (nSPS) is 51.2. The van der Waals surface area contributed by atoms with Gasteiger partial charge >= 0.3 is 5.97 Å². The molecule has 0 unspecified atom stereocenters. The molecule has 2 bridgehead atoms. The molecule has 7 aliphatic rings. The van der Waals surface area contributed by atoms with Crippen LogP contribution in [0.4, 0.5) is 0 Å². The van der Waals surface area contributed by atoms with Crippen LogP contribution in [0.5, 0.6) is 0 Å². The molecule has 270 valence electrons. The minimum Gasteiger partial charge on any atom is -0.462 e. The Balaban J connectivity index is 1.25. The number of esters is 1. The summed E-state index contributed by atoms with van der Waals surface area (Å²) in [6, 6.07) is 0. The van der Waals surface area contributed by atoms with Gasteiger partial charge in [-0.3, -0.25) is 4.79 Å². The van der Waals surface area contributed by atoms with Crippen molar-refractivity contribution in [1.29, 1.82) is 0 Å². The van der Waals surface area contributed by atoms with Crippen LogP contribution in [0.25, 0.3) is 0 Å². The number of allylic oxidation sites excluding steroid dienone is 1. The van der Waals surface area contributed by atoms with E-state index in [0.717, 1.165) is 37.7 Å². The average Bonchev–Trinajstić information content (AvgIpc) is 3.84. The zero-order valence-corrected chi connectivity index (χ0v) is 31.9. The van der Waals surface area contributed by atoms with Gasteiger partial charge in [-0.2, -0.15) is 0 Å². The first-order valence-electron chi connectivity index (χ1n) is 18.7. The van der Waals surface area contributed by atoms with Crippen molar-refractivity contribution >= 4 is 14.3 Å². The lowest BCUT2D eigenvalue weighted by atomic mass is 9.67. The van der Waals surface area contributed by atoms with E-state index in [-0.39, 0.29) is 47.6 Å². The fraction of sp³-hybridized carbons (Fsp3) is 0.868. The molecule has 0 saturated carbocycles. The van der Waals surface area contributed by atoms with Gasteiger partial charge in [0.25, 0.3) is 0 Å². The summed E-state index contributed by atoms with van der Waals surface area (Å²) in [5, 5.41) is 13.0. The van der Waals surface area contributed by atoms with Crippen LogP contribution in [0.3, 0.4) is 0 Å². The molecule has 14 atom stereocenters. The van der Waals surface area contributed by atoms with E-state index in [0.29, 0.717) is 18.8 Å². The summed E-state index contributed by atoms with van der Waals surface area (Å²) in [4.78, 5) is 14.5. The average molecular weight is 689 g/mol. The molecule has 1 aliphatic carbocycles. The lowest BCUT2D eigenvalue weighted by Crippen LogP contribution is -2.65. The number of fused-ring (bicyclic) bond motifs is 3. The van der Waals surface area contributed by atoms with Gasteiger partial charge in [0.05, 0.1) is 36.6 Å². The molecule has 48 heavy (non-hydrogen) atoms. The maximum Gasteiger partial charge on any atom is 0.316 e. The second-order valence-electron chi connectivity index (χ2n) is 18.1. The molecule has 0 aromatic heterocycles. The maximum atomic E-state index is 14.5. The Kier molecular flexibility index (Phi) is 8.60. The van der Waals surface area contributed by atoms with Crippen LogP contribution >= 0.6 is 0 Å². The van der Waals surface area contributed by atoms with Crippen molar-refractivity contribution in [3.63, 3.8) is 0 Å². The van der Waals surface area contributed by atoms with Gasteiger partial charge in [-0.25, -0.2) is 0 Å². The molecule has 1 N–H and O–H groups in total. The summed E-state index contributed by atoms with van der Waals surface area (Å²) in [6.07, 6.45) is 9.26. The standard InChI is InChI=1S/C38H60O9Si/c1-11-28-23(3)14-15-36(44-28)20-26-17-25(43-36)18-30-35(8,45-30)19-22(2)12-13-29-37(46-29)21-41-32-31(47-48(9,10)34(5,6)7)24(4)16-27(33(39)42-26)38(32,37)40/h12-13,16,22-23,25-32,40H,11,14-15,17-21H2,1-10H3/b13-12+/t22-,23-,25-,26-,27-,28+,29-,30-,31+,32+,35-,36+,37+,38+/m0/s1. The Morgan fingerprint density at radius 3 is 2.50 bits per heavy atom. The molecule has 0 amide bonds. The second-order valence-corrected chi connectivity index (χ2v) is 22.9. The SMILES string of the molecule is CC[C@H]1O[C@]2(CC[C@@H]1C)C[C@@H]1C[C@@H](C[C@@H]3O[C@@]3(C)C[C@@H](C)/C=C/[C@@H]3O[C@]34CO[C@@H]3[C@H](O[Si](C)(C)C(C)(C)C)C(C)=C[C@@H](C(=O)O1)[C@@]34O)O2. The second kappa shape index (κ2) is 11.7. The van der Waals surface area contributed by atoms with Crippen LogP contribution in [0, 0.1) is 17.8 Å². The molecule has 0 aromatic rings. The zero-order chi connectivity index (χ0) is 34.7. The van der Waals surface area contributed by atoms with E-state index >= 15 is 0 Å². The van der Waals surface area contributed by atoms with Gasteiger partial charge in [0.2, 0.25) is 0 Å². The molecule has 9 nitrogen and oxygen atoms in total. The first-order chi connectivity index (χ1) is 22.4. The van der Waals surface area contributed by atoms with E-state index < -0.39 is 55.5 Å². The Morgan fingerprint density at radius 2 is 1.79 bits per heavy atom. The third-order valence-electron chi connectivity index (χ3n) is 13.4. The van der Waals surface area contributed by atoms with Crippen LogP contribution in [0.15, 0.2) is 23.8 Å². The molecule has 6 aliphatic heterocycles. The summed E-state index contributed by atoms with van der Waals surface area (Å²) >= 11 is 0. The van der Waals surface area contributed by atoms with Crippen molar-refractivity contribution < 1.29 is 42.7 Å². The van der Waals surface area contributed by atoms with Crippen molar-refractivity contribution in [2.45, 2.75) is 184 Å². The maximum absolute atomic E-state index is 14.5. The van der Waals surface area contributed by atoms with Crippen LogP contribution in [0.2, 0.25) is 18.1 Å². The Morgan fingerprint density at radius 1 is 1.04 bits per heavy atom. The van der Waals surface area contributed by atoms with Gasteiger partial charge in [-0.05, 0) is 68.7 Å². The van der Waals surface area contributed by atoms with Crippen molar-refractivity contribution in [3.05, 3.63) is 23.8 Å². The molecular weight excluding hydrogens is 628 g/mol. The van der Waals surface area contributed by atoms with E-state index in [4.69, 9.17) is 32.8 Å². The first-order valence-corrected chi connectivity index (χ1v) is 21.6. The van der Waals surface area contributed by atoms with Gasteiger partial charge in [0.15, 0.2) is 19.7 Å². The number of epoxide rings is 2. The predicted octanol–water partition coefficient (Wildman–Crippen LogP) is 6.38. The Bertz CT molecular complexity index is 1340. The largest absolute Gasteiger partial charge is 0.462 e. The number of aliphatic hydroxyl groups is 1. The third kappa shape index (κ3) is 5.73. The van der Waals surface area contributed by atoms with E-state index in [1.54, 1.807) is 0 Å². The number of carbonyl (C=O) groups is 1. The van der Waals surface area contributed by atoms with Crippen molar-refractivity contribution in [2.75, 3.05) is 6.61 Å². The highest BCUT2D eigenvalue weighted by atomic mass is 28.4. The third-order valence-corrected chi connectivity index (χ3v) is 17.9. The summed E-state index contributed by atoms with van der Waals surface area (Å²) in [5.74, 6) is -1.58. The molecule has 5 saturated heterocycles. The van der Waals surface area contributed by atoms with Crippen LogP contribution in [0.1, 0.15) is 100 Å². The lowest BCUT2D eigenvalue weighted by molar-refractivity contribution is -0.336.